The molecule has 0 spiro atoms. The summed E-state index contributed by atoms with van der Waals surface area (Å²) in [5, 5.41) is 16.6. The van der Waals surface area contributed by atoms with E-state index in [1.54, 1.807) is 12.1 Å². The van der Waals surface area contributed by atoms with E-state index in [0.717, 1.165) is 31.2 Å². The molecule has 122 valence electrons. The highest BCUT2D eigenvalue weighted by molar-refractivity contribution is 6.35. The molecule has 2 rings (SSSR count). The van der Waals surface area contributed by atoms with Crippen molar-refractivity contribution >= 4 is 29.2 Å². The zero-order valence-corrected chi connectivity index (χ0v) is 14.1. The quantitative estimate of drug-likeness (QED) is 0.782. The molecule has 4 nitrogen and oxygen atoms in total. The van der Waals surface area contributed by atoms with Gasteiger partial charge < -0.3 is 15.7 Å². The number of hydrogen-bond acceptors (Lipinski definition) is 2. The fourth-order valence-corrected chi connectivity index (χ4v) is 3.22. The standard InChI is InChI=1S/C16H22Cl2N2O2/c1-10(8-11-2-3-12(17)9-15(11)18)19-16(22)20-13-4-6-14(21)7-5-13/h2-3,9-10,13-14,21H,4-8H2,1H3,(H2,19,20,22). The monoisotopic (exact) mass is 344 g/mol. The van der Waals surface area contributed by atoms with E-state index in [4.69, 9.17) is 23.2 Å². The van der Waals surface area contributed by atoms with Crippen LogP contribution in [0.1, 0.15) is 38.2 Å². The minimum Gasteiger partial charge on any atom is -0.393 e. The topological polar surface area (TPSA) is 61.4 Å². The minimum atomic E-state index is -0.216. The lowest BCUT2D eigenvalue weighted by Gasteiger charge is -2.27. The molecule has 1 atom stereocenters. The number of amides is 2. The van der Waals surface area contributed by atoms with Gasteiger partial charge in [-0.15, -0.1) is 0 Å². The zero-order valence-electron chi connectivity index (χ0n) is 12.6. The van der Waals surface area contributed by atoms with Gasteiger partial charge in [-0.3, -0.25) is 0 Å². The van der Waals surface area contributed by atoms with E-state index in [9.17, 15) is 9.90 Å². The number of halogens is 2. The van der Waals surface area contributed by atoms with Gasteiger partial charge in [0.25, 0.3) is 0 Å². The predicted octanol–water partition coefficient (Wildman–Crippen LogP) is 3.53. The Balaban J connectivity index is 1.78. The highest BCUT2D eigenvalue weighted by atomic mass is 35.5. The molecule has 0 aromatic heterocycles. The van der Waals surface area contributed by atoms with Gasteiger partial charge >= 0.3 is 6.03 Å². The van der Waals surface area contributed by atoms with Gasteiger partial charge in [0.1, 0.15) is 0 Å². The van der Waals surface area contributed by atoms with Gasteiger partial charge in [-0.05, 0) is 56.7 Å². The van der Waals surface area contributed by atoms with Crippen LogP contribution in [0, 0.1) is 0 Å². The highest BCUT2D eigenvalue weighted by Crippen LogP contribution is 2.22. The molecule has 0 saturated heterocycles. The summed E-state index contributed by atoms with van der Waals surface area (Å²) in [5.41, 5.74) is 0.958. The van der Waals surface area contributed by atoms with E-state index < -0.39 is 0 Å². The average molecular weight is 345 g/mol. The van der Waals surface area contributed by atoms with Crippen molar-refractivity contribution in [3.63, 3.8) is 0 Å². The van der Waals surface area contributed by atoms with Gasteiger partial charge in [0, 0.05) is 22.1 Å². The van der Waals surface area contributed by atoms with E-state index in [1.807, 2.05) is 13.0 Å². The van der Waals surface area contributed by atoms with Crippen molar-refractivity contribution in [2.24, 2.45) is 0 Å². The van der Waals surface area contributed by atoms with Crippen LogP contribution >= 0.6 is 23.2 Å². The third-order valence-electron chi connectivity index (χ3n) is 3.95. The molecule has 0 aliphatic heterocycles. The molecule has 0 radical (unpaired) electrons. The summed E-state index contributed by atoms with van der Waals surface area (Å²) in [4.78, 5) is 12.0. The van der Waals surface area contributed by atoms with Crippen LogP contribution in [0.2, 0.25) is 10.0 Å². The molecule has 1 aromatic rings. The maximum Gasteiger partial charge on any atom is 0.315 e. The number of benzene rings is 1. The molecule has 3 N–H and O–H groups in total. The molecule has 0 bridgehead atoms. The first kappa shape index (κ1) is 17.4. The van der Waals surface area contributed by atoms with Crippen LogP contribution in [0.15, 0.2) is 18.2 Å². The molecule has 0 heterocycles. The molecule has 1 aliphatic rings. The van der Waals surface area contributed by atoms with Crippen LogP contribution in [0.25, 0.3) is 0 Å². The molecule has 1 aromatic carbocycles. The van der Waals surface area contributed by atoms with Gasteiger partial charge in [-0.25, -0.2) is 4.79 Å². The van der Waals surface area contributed by atoms with Crippen molar-refractivity contribution in [2.45, 2.75) is 57.2 Å². The Morgan fingerprint density at radius 3 is 2.64 bits per heavy atom. The average Bonchev–Trinajstić information content (AvgIpc) is 2.44. The van der Waals surface area contributed by atoms with Crippen molar-refractivity contribution in [2.75, 3.05) is 0 Å². The lowest BCUT2D eigenvalue weighted by molar-refractivity contribution is 0.117. The second kappa shape index (κ2) is 8.04. The van der Waals surface area contributed by atoms with Crippen molar-refractivity contribution in [3.05, 3.63) is 33.8 Å². The van der Waals surface area contributed by atoms with Crippen molar-refractivity contribution in [1.82, 2.24) is 10.6 Å². The number of carbonyl (C=O) groups excluding carboxylic acids is 1. The summed E-state index contributed by atoms with van der Waals surface area (Å²) in [6, 6.07) is 5.33. The number of nitrogens with one attached hydrogen (secondary N) is 2. The fraction of sp³-hybridized carbons (Fsp3) is 0.562. The largest absolute Gasteiger partial charge is 0.393 e. The Morgan fingerprint density at radius 2 is 2.00 bits per heavy atom. The summed E-state index contributed by atoms with van der Waals surface area (Å²) in [7, 11) is 0. The number of rotatable bonds is 4. The second-order valence-electron chi connectivity index (χ2n) is 5.96. The van der Waals surface area contributed by atoms with E-state index >= 15 is 0 Å². The van der Waals surface area contributed by atoms with Crippen molar-refractivity contribution in [3.8, 4) is 0 Å². The summed E-state index contributed by atoms with van der Waals surface area (Å²) in [5.74, 6) is 0. The molecule has 1 fully saturated rings. The fourth-order valence-electron chi connectivity index (χ4n) is 2.74. The van der Waals surface area contributed by atoms with E-state index in [2.05, 4.69) is 10.6 Å². The van der Waals surface area contributed by atoms with Crippen molar-refractivity contribution < 1.29 is 9.90 Å². The summed E-state index contributed by atoms with van der Waals surface area (Å²) in [6.45, 7) is 1.94. The third-order valence-corrected chi connectivity index (χ3v) is 4.54. The summed E-state index contributed by atoms with van der Waals surface area (Å²) < 4.78 is 0. The van der Waals surface area contributed by atoms with Crippen LogP contribution < -0.4 is 10.6 Å². The van der Waals surface area contributed by atoms with E-state index in [0.29, 0.717) is 16.5 Å². The maximum absolute atomic E-state index is 12.0. The molecule has 1 aliphatic carbocycles. The Hall–Kier alpha value is -0.970. The van der Waals surface area contributed by atoms with E-state index in [-0.39, 0.29) is 24.2 Å². The SMILES string of the molecule is CC(Cc1ccc(Cl)cc1Cl)NC(=O)NC1CCC(O)CC1. The van der Waals surface area contributed by atoms with Crippen LogP contribution in [0.5, 0.6) is 0 Å². The number of carbonyl (C=O) groups is 1. The predicted molar refractivity (Wildman–Crippen MR) is 89.6 cm³/mol. The number of aliphatic hydroxyl groups excluding tert-OH is 1. The van der Waals surface area contributed by atoms with Crippen LogP contribution in [-0.4, -0.2) is 29.3 Å². The number of hydrogen-bond donors (Lipinski definition) is 3. The van der Waals surface area contributed by atoms with Crippen LogP contribution in [-0.2, 0) is 6.42 Å². The Kier molecular flexibility index (Phi) is 6.36. The first-order chi connectivity index (χ1) is 10.4. The summed E-state index contributed by atoms with van der Waals surface area (Å²) in [6.07, 6.45) is 3.58. The summed E-state index contributed by atoms with van der Waals surface area (Å²) >= 11 is 12.0. The first-order valence-electron chi connectivity index (χ1n) is 7.63. The van der Waals surface area contributed by atoms with Gasteiger partial charge in [-0.2, -0.15) is 0 Å². The zero-order chi connectivity index (χ0) is 16.1. The van der Waals surface area contributed by atoms with Gasteiger partial charge in [0.2, 0.25) is 0 Å². The second-order valence-corrected chi connectivity index (χ2v) is 6.81. The third kappa shape index (κ3) is 5.34. The van der Waals surface area contributed by atoms with Crippen LogP contribution in [0.3, 0.4) is 0 Å². The van der Waals surface area contributed by atoms with Gasteiger partial charge in [-0.1, -0.05) is 29.3 Å². The molecule has 1 saturated carbocycles. The molecule has 1 unspecified atom stereocenters. The van der Waals surface area contributed by atoms with Crippen molar-refractivity contribution in [1.29, 1.82) is 0 Å². The normalized spacial score (nSPS) is 22.9. The Labute approximate surface area is 141 Å². The lowest BCUT2D eigenvalue weighted by Crippen LogP contribution is -2.47. The smallest absolute Gasteiger partial charge is 0.315 e. The maximum atomic E-state index is 12.0. The molecule has 22 heavy (non-hydrogen) atoms. The molecule has 6 heteroatoms. The molecular weight excluding hydrogens is 323 g/mol. The van der Waals surface area contributed by atoms with Gasteiger partial charge in [0.05, 0.1) is 6.10 Å². The van der Waals surface area contributed by atoms with Crippen LogP contribution in [0.4, 0.5) is 4.79 Å². The number of aliphatic hydroxyl groups is 1. The highest BCUT2D eigenvalue weighted by Gasteiger charge is 2.21. The Morgan fingerprint density at radius 1 is 1.32 bits per heavy atom. The van der Waals surface area contributed by atoms with Gasteiger partial charge in [0.15, 0.2) is 0 Å². The lowest BCUT2D eigenvalue weighted by atomic mass is 9.93. The van der Waals surface area contributed by atoms with E-state index in [1.165, 1.54) is 0 Å². The number of urea groups is 1. The minimum absolute atomic E-state index is 0.0344. The molecular formula is C16H22Cl2N2O2. The first-order valence-corrected chi connectivity index (χ1v) is 8.38. The molecule has 2 amide bonds. The Bertz CT molecular complexity index is 517.